The van der Waals surface area contributed by atoms with Gasteiger partial charge in [-0.3, -0.25) is 4.79 Å². The van der Waals surface area contributed by atoms with Crippen LogP contribution in [0.5, 0.6) is 0 Å². The molecule has 88 valence electrons. The molecule has 0 atom stereocenters. The van der Waals surface area contributed by atoms with Crippen molar-refractivity contribution >= 4 is 11.6 Å². The number of hydrogen-bond donors (Lipinski definition) is 0. The van der Waals surface area contributed by atoms with Crippen LogP contribution in [-0.4, -0.2) is 17.6 Å². The Labute approximate surface area is 99.8 Å². The molecule has 4 nitrogen and oxygen atoms in total. The van der Waals surface area contributed by atoms with Gasteiger partial charge in [-0.1, -0.05) is 23.4 Å². The molecule has 2 rings (SSSR count). The van der Waals surface area contributed by atoms with Gasteiger partial charge in [-0.05, 0) is 19.1 Å². The van der Waals surface area contributed by atoms with E-state index in [2.05, 4.69) is 5.16 Å². The van der Waals surface area contributed by atoms with Crippen molar-refractivity contribution in [3.05, 3.63) is 48.4 Å². The highest BCUT2D eigenvalue weighted by Gasteiger charge is 2.15. The van der Waals surface area contributed by atoms with Gasteiger partial charge in [0, 0.05) is 18.3 Å². The first-order valence-corrected chi connectivity index (χ1v) is 5.56. The minimum atomic E-state index is 0.0209. The molecule has 0 fully saturated rings. The molecule has 1 aromatic heterocycles. The number of carbonyl (C=O) groups is 1. The van der Waals surface area contributed by atoms with Crippen LogP contribution in [0.2, 0.25) is 0 Å². The standard InChI is InChI=1S/C13H14N2O2/c1-2-15(12-6-4-3-5-7-12)13(16)10-11-8-9-17-14-11/h3-9H,2,10H2,1H3. The van der Waals surface area contributed by atoms with Crippen molar-refractivity contribution in [2.24, 2.45) is 0 Å². The average molecular weight is 230 g/mol. The summed E-state index contributed by atoms with van der Waals surface area (Å²) in [6.07, 6.45) is 1.74. The largest absolute Gasteiger partial charge is 0.364 e. The summed E-state index contributed by atoms with van der Waals surface area (Å²) < 4.78 is 4.71. The maximum absolute atomic E-state index is 12.1. The van der Waals surface area contributed by atoms with Gasteiger partial charge in [0.05, 0.1) is 12.1 Å². The summed E-state index contributed by atoms with van der Waals surface area (Å²) in [4.78, 5) is 13.8. The minimum Gasteiger partial charge on any atom is -0.364 e. The first-order chi connectivity index (χ1) is 8.31. The molecule has 0 spiro atoms. The molecule has 0 aliphatic heterocycles. The Morgan fingerprint density at radius 2 is 2.06 bits per heavy atom. The summed E-state index contributed by atoms with van der Waals surface area (Å²) >= 11 is 0. The van der Waals surface area contributed by atoms with E-state index in [1.807, 2.05) is 37.3 Å². The fourth-order valence-corrected chi connectivity index (χ4v) is 1.69. The van der Waals surface area contributed by atoms with E-state index in [0.29, 0.717) is 12.2 Å². The lowest BCUT2D eigenvalue weighted by molar-refractivity contribution is -0.118. The first kappa shape index (κ1) is 11.4. The van der Waals surface area contributed by atoms with E-state index in [1.165, 1.54) is 6.26 Å². The van der Waals surface area contributed by atoms with Crippen LogP contribution in [0.15, 0.2) is 47.2 Å². The first-order valence-electron chi connectivity index (χ1n) is 5.56. The van der Waals surface area contributed by atoms with Gasteiger partial charge in [0.15, 0.2) is 0 Å². The Hall–Kier alpha value is -2.10. The lowest BCUT2D eigenvalue weighted by Gasteiger charge is -2.20. The maximum Gasteiger partial charge on any atom is 0.233 e. The van der Waals surface area contributed by atoms with E-state index in [9.17, 15) is 4.79 Å². The van der Waals surface area contributed by atoms with Gasteiger partial charge in [0.25, 0.3) is 0 Å². The summed E-state index contributed by atoms with van der Waals surface area (Å²) in [5, 5.41) is 3.74. The smallest absolute Gasteiger partial charge is 0.233 e. The van der Waals surface area contributed by atoms with Crippen molar-refractivity contribution in [1.29, 1.82) is 0 Å². The zero-order valence-electron chi connectivity index (χ0n) is 9.67. The molecule has 1 aromatic carbocycles. The second-order valence-corrected chi connectivity index (χ2v) is 3.64. The summed E-state index contributed by atoms with van der Waals surface area (Å²) in [6.45, 7) is 2.59. The highest BCUT2D eigenvalue weighted by atomic mass is 16.5. The molecular formula is C13H14N2O2. The zero-order chi connectivity index (χ0) is 12.1. The van der Waals surface area contributed by atoms with Crippen molar-refractivity contribution in [3.63, 3.8) is 0 Å². The molecule has 17 heavy (non-hydrogen) atoms. The molecule has 1 amide bonds. The molecule has 1 heterocycles. The lowest BCUT2D eigenvalue weighted by atomic mass is 10.2. The molecule has 0 bridgehead atoms. The van der Waals surface area contributed by atoms with Gasteiger partial charge < -0.3 is 9.42 Å². The van der Waals surface area contributed by atoms with Crippen LogP contribution in [0.3, 0.4) is 0 Å². The Morgan fingerprint density at radius 3 is 2.65 bits per heavy atom. The maximum atomic E-state index is 12.1. The highest BCUT2D eigenvalue weighted by Crippen LogP contribution is 2.14. The number of nitrogens with zero attached hydrogens (tertiary/aromatic N) is 2. The minimum absolute atomic E-state index is 0.0209. The molecule has 2 aromatic rings. The third-order valence-electron chi connectivity index (χ3n) is 2.51. The van der Waals surface area contributed by atoms with Crippen molar-refractivity contribution in [1.82, 2.24) is 5.16 Å². The van der Waals surface area contributed by atoms with Gasteiger partial charge in [0.2, 0.25) is 5.91 Å². The van der Waals surface area contributed by atoms with Crippen LogP contribution >= 0.6 is 0 Å². The van der Waals surface area contributed by atoms with Crippen LogP contribution in [0.25, 0.3) is 0 Å². The Morgan fingerprint density at radius 1 is 1.29 bits per heavy atom. The topological polar surface area (TPSA) is 46.3 Å². The number of likely N-dealkylation sites (N-methyl/N-ethyl adjacent to an activating group) is 1. The Balaban J connectivity index is 2.11. The van der Waals surface area contributed by atoms with Crippen LogP contribution in [0, 0.1) is 0 Å². The van der Waals surface area contributed by atoms with E-state index in [4.69, 9.17) is 4.52 Å². The molecule has 0 aliphatic rings. The van der Waals surface area contributed by atoms with Crippen LogP contribution < -0.4 is 4.90 Å². The fraction of sp³-hybridized carbons (Fsp3) is 0.231. The van der Waals surface area contributed by atoms with Crippen molar-refractivity contribution in [2.75, 3.05) is 11.4 Å². The van der Waals surface area contributed by atoms with Gasteiger partial charge in [-0.25, -0.2) is 0 Å². The number of aromatic nitrogens is 1. The SMILES string of the molecule is CCN(C(=O)Cc1ccon1)c1ccccc1. The van der Waals surface area contributed by atoms with Gasteiger partial charge in [-0.2, -0.15) is 0 Å². The number of amides is 1. The number of rotatable bonds is 4. The molecular weight excluding hydrogens is 216 g/mol. The number of benzene rings is 1. The Bertz CT molecular complexity index is 465. The molecule has 4 heteroatoms. The predicted octanol–water partition coefficient (Wildman–Crippen LogP) is 2.27. The molecule has 0 saturated heterocycles. The molecule has 0 saturated carbocycles. The monoisotopic (exact) mass is 230 g/mol. The van der Waals surface area contributed by atoms with Gasteiger partial charge in [0.1, 0.15) is 6.26 Å². The third-order valence-corrected chi connectivity index (χ3v) is 2.51. The second-order valence-electron chi connectivity index (χ2n) is 3.64. The zero-order valence-corrected chi connectivity index (χ0v) is 9.67. The Kier molecular flexibility index (Phi) is 3.55. The van der Waals surface area contributed by atoms with Crippen molar-refractivity contribution in [2.45, 2.75) is 13.3 Å². The second kappa shape index (κ2) is 5.30. The highest BCUT2D eigenvalue weighted by molar-refractivity contribution is 5.94. The quantitative estimate of drug-likeness (QED) is 0.809. The molecule has 0 aliphatic carbocycles. The predicted molar refractivity (Wildman–Crippen MR) is 64.7 cm³/mol. The number of carbonyl (C=O) groups excluding carboxylic acids is 1. The van der Waals surface area contributed by atoms with Gasteiger partial charge >= 0.3 is 0 Å². The van der Waals surface area contributed by atoms with Crippen LogP contribution in [0.4, 0.5) is 5.69 Å². The fourth-order valence-electron chi connectivity index (χ4n) is 1.69. The summed E-state index contributed by atoms with van der Waals surface area (Å²) in [6, 6.07) is 11.3. The van der Waals surface area contributed by atoms with E-state index >= 15 is 0 Å². The van der Waals surface area contributed by atoms with Gasteiger partial charge in [-0.15, -0.1) is 0 Å². The molecule has 0 N–H and O–H groups in total. The third kappa shape index (κ3) is 2.72. The number of hydrogen-bond acceptors (Lipinski definition) is 3. The van der Waals surface area contributed by atoms with E-state index in [1.54, 1.807) is 11.0 Å². The van der Waals surface area contributed by atoms with E-state index in [0.717, 1.165) is 5.69 Å². The van der Waals surface area contributed by atoms with Crippen molar-refractivity contribution < 1.29 is 9.32 Å². The molecule has 0 radical (unpaired) electrons. The summed E-state index contributed by atoms with van der Waals surface area (Å²) in [5.41, 5.74) is 1.56. The summed E-state index contributed by atoms with van der Waals surface area (Å²) in [7, 11) is 0. The number of anilines is 1. The lowest BCUT2D eigenvalue weighted by Crippen LogP contribution is -2.31. The van der Waals surface area contributed by atoms with Crippen molar-refractivity contribution in [3.8, 4) is 0 Å². The molecule has 0 unspecified atom stereocenters. The van der Waals surface area contributed by atoms with Crippen LogP contribution in [0.1, 0.15) is 12.6 Å². The van der Waals surface area contributed by atoms with E-state index in [-0.39, 0.29) is 12.3 Å². The average Bonchev–Trinajstić information content (AvgIpc) is 2.84. The summed E-state index contributed by atoms with van der Waals surface area (Å²) in [5.74, 6) is 0.0209. The van der Waals surface area contributed by atoms with E-state index < -0.39 is 0 Å². The number of para-hydroxylation sites is 1. The van der Waals surface area contributed by atoms with Crippen LogP contribution in [-0.2, 0) is 11.2 Å². The normalized spacial score (nSPS) is 10.2.